The van der Waals surface area contributed by atoms with Crippen LogP contribution in [0.25, 0.3) is 0 Å². The lowest BCUT2D eigenvalue weighted by Gasteiger charge is -2.44. The highest BCUT2D eigenvalue weighted by Crippen LogP contribution is 2.62. The van der Waals surface area contributed by atoms with Gasteiger partial charge in [-0.3, -0.25) is 0 Å². The Balaban J connectivity index is 1.97. The van der Waals surface area contributed by atoms with Gasteiger partial charge in [-0.25, -0.2) is 0 Å². The first-order chi connectivity index (χ1) is 6.98. The van der Waals surface area contributed by atoms with Gasteiger partial charge in [-0.1, -0.05) is 13.8 Å². The van der Waals surface area contributed by atoms with Gasteiger partial charge in [0.15, 0.2) is 0 Å². The second-order valence-corrected chi connectivity index (χ2v) is 6.28. The van der Waals surface area contributed by atoms with E-state index in [1.165, 1.54) is 12.8 Å². The molecule has 15 heavy (non-hydrogen) atoms. The summed E-state index contributed by atoms with van der Waals surface area (Å²) in [4.78, 5) is 0. The predicted octanol–water partition coefficient (Wildman–Crippen LogP) is 2.62. The molecule has 5 unspecified atom stereocenters. The van der Waals surface area contributed by atoms with E-state index in [4.69, 9.17) is 9.47 Å². The van der Waals surface area contributed by atoms with Crippen molar-refractivity contribution in [1.82, 2.24) is 0 Å². The quantitative estimate of drug-likeness (QED) is 0.612. The zero-order chi connectivity index (χ0) is 10.8. The van der Waals surface area contributed by atoms with E-state index in [0.717, 1.165) is 12.5 Å². The molecule has 2 heteroatoms. The van der Waals surface area contributed by atoms with Crippen molar-refractivity contribution in [2.45, 2.75) is 58.3 Å². The van der Waals surface area contributed by atoms with Crippen LogP contribution in [0.4, 0.5) is 0 Å². The van der Waals surface area contributed by atoms with Crippen LogP contribution in [0.2, 0.25) is 0 Å². The second-order valence-electron chi connectivity index (χ2n) is 6.28. The molecule has 86 valence electrons. The van der Waals surface area contributed by atoms with Crippen LogP contribution in [0, 0.1) is 17.3 Å². The fourth-order valence-corrected chi connectivity index (χ4v) is 4.16. The Hall–Kier alpha value is -0.0800. The van der Waals surface area contributed by atoms with Crippen molar-refractivity contribution >= 4 is 0 Å². The minimum Gasteiger partial charge on any atom is -0.375 e. The summed E-state index contributed by atoms with van der Waals surface area (Å²) < 4.78 is 12.1. The first kappa shape index (κ1) is 10.1. The van der Waals surface area contributed by atoms with E-state index < -0.39 is 0 Å². The molecule has 0 amide bonds. The number of rotatable bonds is 0. The molecule has 5 atom stereocenters. The maximum atomic E-state index is 6.19. The molecule has 3 aliphatic heterocycles. The highest BCUT2D eigenvalue weighted by atomic mass is 16.5. The molecule has 0 radical (unpaired) electrons. The van der Waals surface area contributed by atoms with E-state index in [2.05, 4.69) is 27.7 Å². The molecule has 0 aromatic carbocycles. The molecule has 0 aromatic rings. The number of fused-ring (bicyclic) bond motifs is 3. The molecule has 3 aliphatic rings. The van der Waals surface area contributed by atoms with E-state index in [0.29, 0.717) is 23.5 Å². The fourth-order valence-electron chi connectivity index (χ4n) is 4.16. The molecule has 3 saturated heterocycles. The third-order valence-electron chi connectivity index (χ3n) is 5.53. The Morgan fingerprint density at radius 2 is 1.87 bits per heavy atom. The molecule has 2 nitrogen and oxygen atoms in total. The van der Waals surface area contributed by atoms with Crippen molar-refractivity contribution in [1.29, 1.82) is 0 Å². The van der Waals surface area contributed by atoms with Crippen molar-refractivity contribution in [2.75, 3.05) is 6.61 Å². The molecule has 0 aliphatic carbocycles. The van der Waals surface area contributed by atoms with Gasteiger partial charge in [0.05, 0.1) is 17.8 Å². The molecule has 2 bridgehead atoms. The number of ether oxygens (including phenoxy) is 2. The summed E-state index contributed by atoms with van der Waals surface area (Å²) in [5, 5.41) is 0. The standard InChI is InChI=1S/C13H22O2/c1-8-9(2)11-13(7-10(8)15-11)5-6-14-12(13,3)4/h8-11H,5-7H2,1-4H3. The summed E-state index contributed by atoms with van der Waals surface area (Å²) in [6.45, 7) is 10.1. The van der Waals surface area contributed by atoms with Crippen molar-refractivity contribution in [3.8, 4) is 0 Å². The van der Waals surface area contributed by atoms with Gasteiger partial charge >= 0.3 is 0 Å². The lowest BCUT2D eigenvalue weighted by molar-refractivity contribution is -0.0744. The van der Waals surface area contributed by atoms with Crippen molar-refractivity contribution in [3.05, 3.63) is 0 Å². The van der Waals surface area contributed by atoms with Crippen LogP contribution in [0.15, 0.2) is 0 Å². The van der Waals surface area contributed by atoms with Crippen LogP contribution in [0.5, 0.6) is 0 Å². The highest BCUT2D eigenvalue weighted by molar-refractivity contribution is 5.14. The summed E-state index contributed by atoms with van der Waals surface area (Å²) in [6, 6.07) is 0. The van der Waals surface area contributed by atoms with Crippen molar-refractivity contribution in [3.63, 3.8) is 0 Å². The third kappa shape index (κ3) is 1.03. The van der Waals surface area contributed by atoms with Crippen LogP contribution in [-0.4, -0.2) is 24.4 Å². The SMILES string of the molecule is CC1C2CC3(CCOC3(C)C)C(O2)C1C. The summed E-state index contributed by atoms with van der Waals surface area (Å²) in [6.07, 6.45) is 3.34. The first-order valence-electron chi connectivity index (χ1n) is 6.27. The van der Waals surface area contributed by atoms with E-state index >= 15 is 0 Å². The lowest BCUT2D eigenvalue weighted by Crippen LogP contribution is -2.50. The van der Waals surface area contributed by atoms with E-state index in [-0.39, 0.29) is 5.60 Å². The maximum absolute atomic E-state index is 6.19. The van der Waals surface area contributed by atoms with Gasteiger partial charge in [-0.05, 0) is 38.5 Å². The predicted molar refractivity (Wildman–Crippen MR) is 58.7 cm³/mol. The average Bonchev–Trinajstić information content (AvgIpc) is 2.75. The summed E-state index contributed by atoms with van der Waals surface area (Å²) in [5.41, 5.74) is 0.324. The van der Waals surface area contributed by atoms with Gasteiger partial charge < -0.3 is 9.47 Å². The summed E-state index contributed by atoms with van der Waals surface area (Å²) in [7, 11) is 0. The Labute approximate surface area is 92.3 Å². The van der Waals surface area contributed by atoms with Crippen molar-refractivity contribution < 1.29 is 9.47 Å². The lowest BCUT2D eigenvalue weighted by atomic mass is 9.59. The summed E-state index contributed by atoms with van der Waals surface area (Å²) in [5.74, 6) is 1.43. The topological polar surface area (TPSA) is 18.5 Å². The molecule has 3 fully saturated rings. The van der Waals surface area contributed by atoms with Crippen LogP contribution in [-0.2, 0) is 9.47 Å². The van der Waals surface area contributed by atoms with Gasteiger partial charge in [-0.15, -0.1) is 0 Å². The Morgan fingerprint density at radius 1 is 1.13 bits per heavy atom. The van der Waals surface area contributed by atoms with Crippen LogP contribution >= 0.6 is 0 Å². The highest BCUT2D eigenvalue weighted by Gasteiger charge is 2.66. The Morgan fingerprint density at radius 3 is 2.33 bits per heavy atom. The Kier molecular flexibility index (Phi) is 1.87. The van der Waals surface area contributed by atoms with E-state index in [1.54, 1.807) is 0 Å². The molecule has 3 heterocycles. The van der Waals surface area contributed by atoms with Gasteiger partial charge in [0.25, 0.3) is 0 Å². The Bertz CT molecular complexity index is 284. The molecule has 3 rings (SSSR count). The van der Waals surface area contributed by atoms with Gasteiger partial charge in [0.2, 0.25) is 0 Å². The van der Waals surface area contributed by atoms with Crippen LogP contribution < -0.4 is 0 Å². The molecular weight excluding hydrogens is 188 g/mol. The van der Waals surface area contributed by atoms with Gasteiger partial charge in [0, 0.05) is 12.0 Å². The molecule has 1 spiro atoms. The third-order valence-corrected chi connectivity index (χ3v) is 5.53. The molecule has 0 N–H and O–H groups in total. The zero-order valence-electron chi connectivity index (χ0n) is 10.2. The minimum atomic E-state index is 0.0147. The monoisotopic (exact) mass is 210 g/mol. The second kappa shape index (κ2) is 2.78. The first-order valence-corrected chi connectivity index (χ1v) is 6.27. The molecule has 0 aromatic heterocycles. The zero-order valence-corrected chi connectivity index (χ0v) is 10.2. The van der Waals surface area contributed by atoms with Crippen LogP contribution in [0.3, 0.4) is 0 Å². The smallest absolute Gasteiger partial charge is 0.0709 e. The average molecular weight is 210 g/mol. The summed E-state index contributed by atoms with van der Waals surface area (Å²) >= 11 is 0. The maximum Gasteiger partial charge on any atom is 0.0709 e. The largest absolute Gasteiger partial charge is 0.375 e. The normalized spacial score (nSPS) is 56.8. The van der Waals surface area contributed by atoms with Crippen molar-refractivity contribution in [2.24, 2.45) is 17.3 Å². The van der Waals surface area contributed by atoms with E-state index in [9.17, 15) is 0 Å². The fraction of sp³-hybridized carbons (Fsp3) is 1.00. The van der Waals surface area contributed by atoms with Gasteiger partial charge in [-0.2, -0.15) is 0 Å². The number of hydrogen-bond acceptors (Lipinski definition) is 2. The minimum absolute atomic E-state index is 0.0147. The van der Waals surface area contributed by atoms with Crippen LogP contribution in [0.1, 0.15) is 40.5 Å². The van der Waals surface area contributed by atoms with E-state index in [1.807, 2.05) is 0 Å². The molecular formula is C13H22O2. The number of hydrogen-bond donors (Lipinski definition) is 0. The molecule has 0 saturated carbocycles. The van der Waals surface area contributed by atoms with Gasteiger partial charge in [0.1, 0.15) is 0 Å².